The third-order valence-electron chi connectivity index (χ3n) is 5.93. The van der Waals surface area contributed by atoms with Crippen molar-refractivity contribution in [2.75, 3.05) is 10.2 Å². The van der Waals surface area contributed by atoms with Gasteiger partial charge in [-0.2, -0.15) is 5.10 Å². The van der Waals surface area contributed by atoms with Crippen LogP contribution in [0.3, 0.4) is 0 Å². The van der Waals surface area contributed by atoms with Crippen molar-refractivity contribution in [1.29, 1.82) is 0 Å². The van der Waals surface area contributed by atoms with Crippen LogP contribution < -0.4 is 10.2 Å². The van der Waals surface area contributed by atoms with Crippen LogP contribution in [0, 0.1) is 6.92 Å². The summed E-state index contributed by atoms with van der Waals surface area (Å²) in [4.78, 5) is 20.0. The third kappa shape index (κ3) is 3.06. The molecule has 0 radical (unpaired) electrons. The Morgan fingerprint density at radius 1 is 0.939 bits per heavy atom. The maximum atomic E-state index is 13.2. The number of carbonyl (C=O) groups is 1. The van der Waals surface area contributed by atoms with Gasteiger partial charge in [0.2, 0.25) is 5.84 Å². The lowest BCUT2D eigenvalue weighted by Gasteiger charge is -2.40. The van der Waals surface area contributed by atoms with Gasteiger partial charge >= 0.3 is 0 Å². The minimum Gasteiger partial charge on any atom is -0.317 e. The minimum atomic E-state index is -0.369. The Morgan fingerprint density at radius 2 is 1.70 bits per heavy atom. The van der Waals surface area contributed by atoms with Gasteiger partial charge in [-0.1, -0.05) is 59.6 Å². The molecule has 162 valence electrons. The van der Waals surface area contributed by atoms with Crippen LogP contribution in [-0.4, -0.2) is 21.5 Å². The lowest BCUT2D eigenvalue weighted by atomic mass is 9.93. The van der Waals surface area contributed by atoms with Gasteiger partial charge in [0.05, 0.1) is 38.8 Å². The highest BCUT2D eigenvalue weighted by Gasteiger charge is 2.42. The Labute approximate surface area is 200 Å². The summed E-state index contributed by atoms with van der Waals surface area (Å²) in [6, 6.07) is 22.6. The molecule has 0 saturated heterocycles. The van der Waals surface area contributed by atoms with Gasteiger partial charge in [-0.3, -0.25) is 4.79 Å². The molecule has 0 fully saturated rings. The molecule has 0 aliphatic carbocycles. The minimum absolute atomic E-state index is 0.275. The summed E-state index contributed by atoms with van der Waals surface area (Å²) < 4.78 is 1.79. The van der Waals surface area contributed by atoms with Crippen molar-refractivity contribution in [1.82, 2.24) is 9.78 Å². The number of halogens is 2. The Hall–Kier alpha value is -3.61. The Bertz CT molecular complexity index is 1460. The van der Waals surface area contributed by atoms with E-state index < -0.39 is 0 Å². The van der Waals surface area contributed by atoms with Crippen molar-refractivity contribution in [2.24, 2.45) is 4.99 Å². The number of aryl methyl sites for hydroxylation is 1. The highest BCUT2D eigenvalue weighted by atomic mass is 35.5. The smallest absolute Gasteiger partial charge is 0.291 e. The van der Waals surface area contributed by atoms with Crippen LogP contribution in [-0.2, 0) is 4.79 Å². The average molecular weight is 474 g/mol. The Morgan fingerprint density at radius 3 is 2.48 bits per heavy atom. The van der Waals surface area contributed by atoms with E-state index in [1.165, 1.54) is 0 Å². The maximum Gasteiger partial charge on any atom is 0.291 e. The summed E-state index contributed by atoms with van der Waals surface area (Å²) in [5.74, 6) is 0.646. The van der Waals surface area contributed by atoms with E-state index in [0.29, 0.717) is 21.7 Å². The van der Waals surface area contributed by atoms with E-state index in [1.54, 1.807) is 10.7 Å². The van der Waals surface area contributed by atoms with Gasteiger partial charge in [0.1, 0.15) is 0 Å². The van der Waals surface area contributed by atoms with E-state index in [2.05, 4.69) is 5.32 Å². The Balaban J connectivity index is 1.67. The zero-order valence-corrected chi connectivity index (χ0v) is 19.0. The van der Waals surface area contributed by atoms with Crippen molar-refractivity contribution < 1.29 is 4.79 Å². The molecule has 2 aliphatic heterocycles. The number of hydrogen-bond acceptors (Lipinski definition) is 4. The van der Waals surface area contributed by atoms with Crippen LogP contribution in [0.2, 0.25) is 10.0 Å². The lowest BCUT2D eigenvalue weighted by molar-refractivity contribution is -0.110. The predicted molar refractivity (Wildman–Crippen MR) is 131 cm³/mol. The summed E-state index contributed by atoms with van der Waals surface area (Å²) in [6.07, 6.45) is 0. The molecule has 3 aromatic carbocycles. The topological polar surface area (TPSA) is 62.5 Å². The number of para-hydroxylation sites is 3. The van der Waals surface area contributed by atoms with E-state index in [1.807, 2.05) is 78.6 Å². The summed E-state index contributed by atoms with van der Waals surface area (Å²) in [6.45, 7) is 1.96. The molecule has 8 heteroatoms. The SMILES string of the molecule is Cc1nn(-c2ccccc2)c2c1[C@@H](c1ccc(Cl)c(Cl)c1)N1C(=N2)C(=O)Nc2ccccc21. The molecule has 1 N–H and O–H groups in total. The fourth-order valence-electron chi connectivity index (χ4n) is 4.49. The van der Waals surface area contributed by atoms with E-state index in [9.17, 15) is 4.79 Å². The number of fused-ring (bicyclic) bond motifs is 4. The molecular formula is C25H17Cl2N5O. The first-order valence-corrected chi connectivity index (χ1v) is 11.2. The number of amidine groups is 1. The number of nitrogens with one attached hydrogen (secondary N) is 1. The van der Waals surface area contributed by atoms with Crippen LogP contribution >= 0.6 is 23.2 Å². The number of benzene rings is 3. The van der Waals surface area contributed by atoms with Crippen molar-refractivity contribution in [3.05, 3.63) is 99.7 Å². The second kappa shape index (κ2) is 7.47. The molecule has 3 heterocycles. The second-order valence-electron chi connectivity index (χ2n) is 7.92. The molecule has 0 saturated carbocycles. The van der Waals surface area contributed by atoms with E-state index in [-0.39, 0.29) is 11.9 Å². The highest BCUT2D eigenvalue weighted by molar-refractivity contribution is 6.50. The fraction of sp³-hybridized carbons (Fsp3) is 0.0800. The monoisotopic (exact) mass is 473 g/mol. The molecule has 4 aromatic rings. The molecule has 0 unspecified atom stereocenters. The zero-order chi connectivity index (χ0) is 22.7. The first kappa shape index (κ1) is 20.0. The van der Waals surface area contributed by atoms with Gasteiger partial charge in [-0.25, -0.2) is 9.67 Å². The van der Waals surface area contributed by atoms with Gasteiger partial charge in [0, 0.05) is 5.56 Å². The van der Waals surface area contributed by atoms with E-state index in [0.717, 1.165) is 33.9 Å². The number of aliphatic imine (C=N–C) groups is 1. The maximum absolute atomic E-state index is 13.2. The van der Waals surface area contributed by atoms with Gasteiger partial charge in [-0.05, 0) is 48.9 Å². The number of carbonyl (C=O) groups excluding carboxylic acids is 1. The molecular weight excluding hydrogens is 457 g/mol. The van der Waals surface area contributed by atoms with Gasteiger partial charge in [0.15, 0.2) is 5.82 Å². The molecule has 1 atom stereocenters. The first-order chi connectivity index (χ1) is 16.0. The summed E-state index contributed by atoms with van der Waals surface area (Å²) in [5.41, 5.74) is 5.05. The normalized spacial score (nSPS) is 16.5. The van der Waals surface area contributed by atoms with E-state index >= 15 is 0 Å². The molecule has 33 heavy (non-hydrogen) atoms. The predicted octanol–water partition coefficient (Wildman–Crippen LogP) is 6.08. The first-order valence-electron chi connectivity index (χ1n) is 10.4. The van der Waals surface area contributed by atoms with Gasteiger partial charge < -0.3 is 10.2 Å². The molecule has 6 nitrogen and oxygen atoms in total. The summed E-state index contributed by atoms with van der Waals surface area (Å²) in [5, 5.41) is 8.69. The lowest BCUT2D eigenvalue weighted by Crippen LogP contribution is -2.48. The van der Waals surface area contributed by atoms with Crippen LogP contribution in [0.15, 0.2) is 77.8 Å². The van der Waals surface area contributed by atoms with E-state index in [4.69, 9.17) is 33.3 Å². The number of aromatic nitrogens is 2. The van der Waals surface area contributed by atoms with Crippen LogP contribution in [0.1, 0.15) is 22.9 Å². The number of hydrogen-bond donors (Lipinski definition) is 1. The summed E-state index contributed by atoms with van der Waals surface area (Å²) in [7, 11) is 0. The third-order valence-corrected chi connectivity index (χ3v) is 6.67. The second-order valence-corrected chi connectivity index (χ2v) is 8.74. The quantitative estimate of drug-likeness (QED) is 0.383. The standard InChI is InChI=1S/C25H17Cl2N5O/c1-14-21-22(15-11-12-17(26)18(27)13-15)31-20-10-6-5-9-19(20)28-25(33)24(31)29-23(21)32(30-14)16-7-3-2-4-8-16/h2-13,22H,1H3,(H,28,33)/t22-/m1/s1. The molecule has 6 rings (SSSR count). The number of amides is 1. The van der Waals surface area contributed by atoms with Crippen molar-refractivity contribution in [2.45, 2.75) is 13.0 Å². The molecule has 0 bridgehead atoms. The molecule has 0 spiro atoms. The molecule has 1 amide bonds. The van der Waals surface area contributed by atoms with Gasteiger partial charge in [-0.15, -0.1) is 0 Å². The van der Waals surface area contributed by atoms with Crippen LogP contribution in [0.4, 0.5) is 17.2 Å². The number of rotatable bonds is 2. The van der Waals surface area contributed by atoms with Crippen molar-refractivity contribution in [3.8, 4) is 5.69 Å². The molecule has 2 aliphatic rings. The zero-order valence-electron chi connectivity index (χ0n) is 17.5. The summed E-state index contributed by atoms with van der Waals surface area (Å²) >= 11 is 12.7. The van der Waals surface area contributed by atoms with Crippen LogP contribution in [0.25, 0.3) is 5.69 Å². The number of nitrogens with zero attached hydrogens (tertiary/aromatic N) is 4. The Kier molecular flexibility index (Phi) is 4.54. The van der Waals surface area contributed by atoms with Crippen molar-refractivity contribution >= 4 is 52.1 Å². The molecule has 1 aromatic heterocycles. The highest BCUT2D eigenvalue weighted by Crippen LogP contribution is 2.47. The van der Waals surface area contributed by atoms with Gasteiger partial charge in [0.25, 0.3) is 5.91 Å². The average Bonchev–Trinajstić information content (AvgIpc) is 3.16. The largest absolute Gasteiger partial charge is 0.317 e. The fourth-order valence-corrected chi connectivity index (χ4v) is 4.80. The van der Waals surface area contributed by atoms with Crippen molar-refractivity contribution in [3.63, 3.8) is 0 Å². The van der Waals surface area contributed by atoms with Crippen LogP contribution in [0.5, 0.6) is 0 Å². The number of anilines is 2.